The zero-order valence-corrected chi connectivity index (χ0v) is 18.0. The lowest BCUT2D eigenvalue weighted by Crippen LogP contribution is -2.41. The molecule has 1 aromatic carbocycles. The normalized spacial score (nSPS) is 16.1. The zero-order valence-electron chi connectivity index (χ0n) is 15.5. The van der Waals surface area contributed by atoms with Crippen LogP contribution in [0.5, 0.6) is 0 Å². The summed E-state index contributed by atoms with van der Waals surface area (Å²) in [5.41, 5.74) is 0.608. The van der Waals surface area contributed by atoms with Gasteiger partial charge in [0.25, 0.3) is 0 Å². The first-order valence-electron chi connectivity index (χ1n) is 9.08. The van der Waals surface area contributed by atoms with Gasteiger partial charge in [0.2, 0.25) is 0 Å². The van der Waals surface area contributed by atoms with Gasteiger partial charge in [-0.2, -0.15) is 0 Å². The lowest BCUT2D eigenvalue weighted by Gasteiger charge is -2.33. The van der Waals surface area contributed by atoms with E-state index in [2.05, 4.69) is 32.3 Å². The Balaban J connectivity index is 1.41. The molecule has 0 aliphatic carbocycles. The van der Waals surface area contributed by atoms with Gasteiger partial charge in [-0.3, -0.25) is 0 Å². The van der Waals surface area contributed by atoms with Gasteiger partial charge in [0, 0.05) is 24.1 Å². The van der Waals surface area contributed by atoms with Gasteiger partial charge in [0.05, 0.1) is 10.2 Å². The van der Waals surface area contributed by atoms with E-state index in [-0.39, 0.29) is 6.09 Å². The molecule has 0 radical (unpaired) electrons. The van der Waals surface area contributed by atoms with E-state index < -0.39 is 5.60 Å². The molecule has 0 bridgehead atoms. The van der Waals surface area contributed by atoms with Crippen molar-refractivity contribution in [2.24, 2.45) is 5.92 Å². The number of benzene rings is 1. The maximum Gasteiger partial charge on any atom is 0.410 e. The maximum absolute atomic E-state index is 12.1. The molecule has 142 valence electrons. The fourth-order valence-corrected chi connectivity index (χ4v) is 4.53. The van der Waals surface area contributed by atoms with Gasteiger partial charge in [0.1, 0.15) is 5.60 Å². The van der Waals surface area contributed by atoms with Crippen LogP contribution >= 0.6 is 27.3 Å². The number of likely N-dealkylation sites (tertiary alicyclic amines) is 1. The Labute approximate surface area is 167 Å². The van der Waals surface area contributed by atoms with E-state index in [1.165, 1.54) is 4.70 Å². The summed E-state index contributed by atoms with van der Waals surface area (Å²) in [6.45, 7) is 8.21. The number of ether oxygens (including phenoxy) is 1. The van der Waals surface area contributed by atoms with Crippen LogP contribution in [-0.2, 0) is 4.74 Å². The van der Waals surface area contributed by atoms with Gasteiger partial charge in [-0.15, -0.1) is 0 Å². The number of aromatic nitrogens is 1. The number of carbonyl (C=O) groups excluding carboxylic acids is 1. The maximum atomic E-state index is 12.1. The van der Waals surface area contributed by atoms with Crippen LogP contribution in [0.4, 0.5) is 9.93 Å². The van der Waals surface area contributed by atoms with E-state index in [0.717, 1.165) is 54.0 Å². The summed E-state index contributed by atoms with van der Waals surface area (Å²) in [6.07, 6.45) is 2.98. The average molecular weight is 440 g/mol. The van der Waals surface area contributed by atoms with Crippen LogP contribution in [0.2, 0.25) is 0 Å². The predicted molar refractivity (Wildman–Crippen MR) is 111 cm³/mol. The Hall–Kier alpha value is -1.34. The molecule has 1 amide bonds. The third-order valence-electron chi connectivity index (χ3n) is 4.45. The van der Waals surface area contributed by atoms with Crippen molar-refractivity contribution in [2.45, 2.75) is 45.6 Å². The lowest BCUT2D eigenvalue weighted by atomic mass is 9.94. The molecule has 7 heteroatoms. The molecule has 1 fully saturated rings. The molecule has 2 heterocycles. The highest BCUT2D eigenvalue weighted by atomic mass is 79.9. The van der Waals surface area contributed by atoms with Gasteiger partial charge < -0.3 is 15.0 Å². The third kappa shape index (κ3) is 5.33. The van der Waals surface area contributed by atoms with Gasteiger partial charge in [-0.05, 0) is 64.2 Å². The van der Waals surface area contributed by atoms with Crippen LogP contribution in [0.25, 0.3) is 10.2 Å². The fraction of sp³-hybridized carbons (Fsp3) is 0.579. The minimum Gasteiger partial charge on any atom is -0.444 e. The molecule has 2 aromatic rings. The second-order valence-corrected chi connectivity index (χ2v) is 9.70. The smallest absolute Gasteiger partial charge is 0.410 e. The number of halogens is 1. The number of hydrogen-bond acceptors (Lipinski definition) is 5. The van der Waals surface area contributed by atoms with Gasteiger partial charge >= 0.3 is 6.09 Å². The van der Waals surface area contributed by atoms with Gasteiger partial charge in [0.15, 0.2) is 5.13 Å². The monoisotopic (exact) mass is 439 g/mol. The third-order valence-corrected chi connectivity index (χ3v) is 5.91. The van der Waals surface area contributed by atoms with Gasteiger partial charge in [-0.25, -0.2) is 9.78 Å². The summed E-state index contributed by atoms with van der Waals surface area (Å²) in [4.78, 5) is 18.6. The first-order valence-corrected chi connectivity index (χ1v) is 10.7. The molecule has 1 N–H and O–H groups in total. The Morgan fingerprint density at radius 2 is 2.12 bits per heavy atom. The van der Waals surface area contributed by atoms with Crippen LogP contribution in [0.3, 0.4) is 0 Å². The van der Waals surface area contributed by atoms with Crippen LogP contribution in [-0.4, -0.2) is 41.2 Å². The number of rotatable bonds is 4. The first-order chi connectivity index (χ1) is 12.3. The van der Waals surface area contributed by atoms with Gasteiger partial charge in [-0.1, -0.05) is 27.3 Å². The number of nitrogens with one attached hydrogen (secondary N) is 1. The molecule has 26 heavy (non-hydrogen) atoms. The van der Waals surface area contributed by atoms with Crippen molar-refractivity contribution in [3.63, 3.8) is 0 Å². The fourth-order valence-electron chi connectivity index (χ4n) is 3.09. The minimum atomic E-state index is -0.426. The molecule has 5 nitrogen and oxygen atoms in total. The van der Waals surface area contributed by atoms with Crippen molar-refractivity contribution in [1.29, 1.82) is 0 Å². The summed E-state index contributed by atoms with van der Waals surface area (Å²) < 4.78 is 7.72. The topological polar surface area (TPSA) is 54.5 Å². The van der Waals surface area contributed by atoms with E-state index >= 15 is 0 Å². The Bertz CT molecular complexity index is 764. The van der Waals surface area contributed by atoms with E-state index in [1.807, 2.05) is 37.8 Å². The predicted octanol–water partition coefficient (Wildman–Crippen LogP) is 5.51. The highest BCUT2D eigenvalue weighted by Gasteiger charge is 2.26. The number of nitrogens with zero attached hydrogens (tertiary/aromatic N) is 2. The standard InChI is InChI=1S/C19H26BrN3O2S/c1-19(2,3)25-18(24)23-10-7-13(8-11-23)6-9-21-17-22-15-5-4-14(20)12-16(15)26-17/h4-5,12-13H,6-11H2,1-3H3,(H,21,22). The van der Waals surface area contributed by atoms with E-state index in [4.69, 9.17) is 4.74 Å². The summed E-state index contributed by atoms with van der Waals surface area (Å²) in [6, 6.07) is 6.16. The highest BCUT2D eigenvalue weighted by molar-refractivity contribution is 9.10. The van der Waals surface area contributed by atoms with E-state index in [0.29, 0.717) is 5.92 Å². The van der Waals surface area contributed by atoms with Crippen LogP contribution in [0, 0.1) is 5.92 Å². The summed E-state index contributed by atoms with van der Waals surface area (Å²) in [5.74, 6) is 0.643. The van der Waals surface area contributed by atoms with Crippen LogP contribution in [0.1, 0.15) is 40.0 Å². The van der Waals surface area contributed by atoms with E-state index in [1.54, 1.807) is 11.3 Å². The number of thiazole rings is 1. The number of piperidine rings is 1. The number of hydrogen-bond donors (Lipinski definition) is 1. The molecule has 0 atom stereocenters. The minimum absolute atomic E-state index is 0.185. The molecule has 1 aliphatic rings. The Kier molecular flexibility index (Phi) is 6.07. The Morgan fingerprint density at radius 1 is 1.38 bits per heavy atom. The molecule has 0 saturated carbocycles. The van der Waals surface area contributed by atoms with Crippen molar-refractivity contribution < 1.29 is 9.53 Å². The van der Waals surface area contributed by atoms with Crippen LogP contribution in [0.15, 0.2) is 22.7 Å². The number of carbonyl (C=O) groups is 1. The molecular formula is C19H26BrN3O2S. The number of anilines is 1. The molecular weight excluding hydrogens is 414 g/mol. The summed E-state index contributed by atoms with van der Waals surface area (Å²) in [7, 11) is 0. The number of fused-ring (bicyclic) bond motifs is 1. The molecule has 3 rings (SSSR count). The van der Waals surface area contributed by atoms with Crippen molar-refractivity contribution in [2.75, 3.05) is 25.0 Å². The quantitative estimate of drug-likeness (QED) is 0.682. The summed E-state index contributed by atoms with van der Waals surface area (Å²) >= 11 is 5.18. The largest absolute Gasteiger partial charge is 0.444 e. The Morgan fingerprint density at radius 3 is 2.81 bits per heavy atom. The van der Waals surface area contributed by atoms with Crippen molar-refractivity contribution >= 4 is 48.7 Å². The zero-order chi connectivity index (χ0) is 18.7. The summed E-state index contributed by atoms with van der Waals surface area (Å²) in [5, 5.41) is 4.43. The number of amides is 1. The van der Waals surface area contributed by atoms with Crippen LogP contribution < -0.4 is 5.32 Å². The van der Waals surface area contributed by atoms with E-state index in [9.17, 15) is 4.79 Å². The first kappa shape index (κ1) is 19.4. The van der Waals surface area contributed by atoms with Crippen molar-refractivity contribution in [3.05, 3.63) is 22.7 Å². The average Bonchev–Trinajstić information content (AvgIpc) is 2.95. The molecule has 1 aliphatic heterocycles. The lowest BCUT2D eigenvalue weighted by molar-refractivity contribution is 0.0182. The SMILES string of the molecule is CC(C)(C)OC(=O)N1CCC(CCNc2nc3ccc(Br)cc3s2)CC1. The molecule has 0 spiro atoms. The molecule has 1 aromatic heterocycles. The van der Waals surface area contributed by atoms with Crippen molar-refractivity contribution in [3.8, 4) is 0 Å². The second-order valence-electron chi connectivity index (χ2n) is 7.76. The highest BCUT2D eigenvalue weighted by Crippen LogP contribution is 2.29. The molecule has 1 saturated heterocycles. The van der Waals surface area contributed by atoms with Crippen molar-refractivity contribution in [1.82, 2.24) is 9.88 Å². The molecule has 0 unspecified atom stereocenters. The second kappa shape index (κ2) is 8.13.